The normalized spacial score (nSPS) is 20.9. The summed E-state index contributed by atoms with van der Waals surface area (Å²) in [5.41, 5.74) is 1.31. The lowest BCUT2D eigenvalue weighted by Crippen LogP contribution is -2.38. The standard InChI is InChI=1S/C22H30N4O/c27-21(25-13-4-5-14-25)10-15-24-12-6-9-20(18-24)22-23-11-16-26(22)17-19-7-2-1-3-8-19/h1-3,7-8,11,16,20H,4-6,9-10,12-15,17-18H2/t20-/m1/s1. The highest BCUT2D eigenvalue weighted by atomic mass is 16.2. The molecule has 1 aromatic carbocycles. The van der Waals surface area contributed by atoms with E-state index in [0.717, 1.165) is 39.3 Å². The average Bonchev–Trinajstić information content (AvgIpc) is 3.39. The Balaban J connectivity index is 1.34. The van der Waals surface area contributed by atoms with E-state index < -0.39 is 0 Å². The Kier molecular flexibility index (Phi) is 5.87. The van der Waals surface area contributed by atoms with E-state index in [1.807, 2.05) is 11.1 Å². The Morgan fingerprint density at radius 2 is 1.89 bits per heavy atom. The third kappa shape index (κ3) is 4.59. The first-order valence-electron chi connectivity index (χ1n) is 10.3. The maximum atomic E-state index is 12.3. The number of carbonyl (C=O) groups is 1. The summed E-state index contributed by atoms with van der Waals surface area (Å²) >= 11 is 0. The molecule has 2 aliphatic rings. The Morgan fingerprint density at radius 1 is 1.07 bits per heavy atom. The number of benzene rings is 1. The molecule has 0 N–H and O–H groups in total. The van der Waals surface area contributed by atoms with Gasteiger partial charge in [-0.05, 0) is 37.8 Å². The zero-order chi connectivity index (χ0) is 18.5. The Hall–Kier alpha value is -2.14. The van der Waals surface area contributed by atoms with E-state index >= 15 is 0 Å². The maximum absolute atomic E-state index is 12.3. The van der Waals surface area contributed by atoms with Crippen LogP contribution in [-0.4, -0.2) is 58.0 Å². The third-order valence-electron chi connectivity index (χ3n) is 5.91. The minimum atomic E-state index is 0.334. The molecule has 0 radical (unpaired) electrons. The van der Waals surface area contributed by atoms with Crippen LogP contribution in [0.1, 0.15) is 49.4 Å². The van der Waals surface area contributed by atoms with Crippen LogP contribution >= 0.6 is 0 Å². The summed E-state index contributed by atoms with van der Waals surface area (Å²) in [6.45, 7) is 5.78. The van der Waals surface area contributed by atoms with Crippen molar-refractivity contribution in [2.45, 2.75) is 44.6 Å². The minimum absolute atomic E-state index is 0.334. The minimum Gasteiger partial charge on any atom is -0.343 e. The number of aromatic nitrogens is 2. The molecule has 0 spiro atoms. The summed E-state index contributed by atoms with van der Waals surface area (Å²) in [5, 5.41) is 0. The molecule has 2 saturated heterocycles. The van der Waals surface area contributed by atoms with Gasteiger partial charge in [0.05, 0.1) is 0 Å². The van der Waals surface area contributed by atoms with Gasteiger partial charge < -0.3 is 14.4 Å². The second kappa shape index (κ2) is 8.70. The average molecular weight is 367 g/mol. The van der Waals surface area contributed by atoms with Crippen molar-refractivity contribution in [3.8, 4) is 0 Å². The fraction of sp³-hybridized carbons (Fsp3) is 0.545. The topological polar surface area (TPSA) is 41.4 Å². The molecule has 3 heterocycles. The molecule has 2 aromatic rings. The Morgan fingerprint density at radius 3 is 2.70 bits per heavy atom. The molecule has 1 amide bonds. The predicted molar refractivity (Wildman–Crippen MR) is 107 cm³/mol. The molecule has 2 aliphatic heterocycles. The molecule has 0 unspecified atom stereocenters. The molecule has 4 rings (SSSR count). The fourth-order valence-electron chi connectivity index (χ4n) is 4.44. The highest BCUT2D eigenvalue weighted by Gasteiger charge is 2.26. The largest absolute Gasteiger partial charge is 0.343 e. The third-order valence-corrected chi connectivity index (χ3v) is 5.91. The fourth-order valence-corrected chi connectivity index (χ4v) is 4.44. The Bertz CT molecular complexity index is 736. The lowest BCUT2D eigenvalue weighted by atomic mass is 9.97. The van der Waals surface area contributed by atoms with Crippen molar-refractivity contribution in [3.63, 3.8) is 0 Å². The van der Waals surface area contributed by atoms with Crippen LogP contribution in [0.5, 0.6) is 0 Å². The van der Waals surface area contributed by atoms with Crippen LogP contribution in [0, 0.1) is 0 Å². The second-order valence-corrected chi connectivity index (χ2v) is 7.88. The van der Waals surface area contributed by atoms with E-state index in [0.29, 0.717) is 18.2 Å². The van der Waals surface area contributed by atoms with Crippen molar-refractivity contribution in [2.24, 2.45) is 0 Å². The molecule has 2 fully saturated rings. The van der Waals surface area contributed by atoms with Crippen molar-refractivity contribution in [1.82, 2.24) is 19.4 Å². The number of likely N-dealkylation sites (tertiary alicyclic amines) is 2. The van der Waals surface area contributed by atoms with Gasteiger partial charge in [-0.2, -0.15) is 0 Å². The number of nitrogens with zero attached hydrogens (tertiary/aromatic N) is 4. The molecule has 1 aromatic heterocycles. The summed E-state index contributed by atoms with van der Waals surface area (Å²) in [4.78, 5) is 21.5. The predicted octanol–water partition coefficient (Wildman–Crippen LogP) is 3.12. The Labute approximate surface area is 162 Å². The van der Waals surface area contributed by atoms with Crippen LogP contribution in [0.15, 0.2) is 42.7 Å². The van der Waals surface area contributed by atoms with Crippen molar-refractivity contribution in [1.29, 1.82) is 0 Å². The van der Waals surface area contributed by atoms with Crippen LogP contribution in [0.2, 0.25) is 0 Å². The maximum Gasteiger partial charge on any atom is 0.223 e. The van der Waals surface area contributed by atoms with Crippen molar-refractivity contribution >= 4 is 5.91 Å². The highest BCUT2D eigenvalue weighted by molar-refractivity contribution is 5.76. The number of amides is 1. The molecular weight excluding hydrogens is 336 g/mol. The zero-order valence-corrected chi connectivity index (χ0v) is 16.1. The van der Waals surface area contributed by atoms with Gasteiger partial charge in [0.25, 0.3) is 0 Å². The number of rotatable bonds is 6. The molecule has 0 aliphatic carbocycles. The van der Waals surface area contributed by atoms with Crippen molar-refractivity contribution in [2.75, 3.05) is 32.7 Å². The van der Waals surface area contributed by atoms with Gasteiger partial charge >= 0.3 is 0 Å². The molecule has 0 saturated carbocycles. The van der Waals surface area contributed by atoms with Gasteiger partial charge in [0.2, 0.25) is 5.91 Å². The van der Waals surface area contributed by atoms with Crippen LogP contribution in [0.3, 0.4) is 0 Å². The number of carbonyl (C=O) groups excluding carboxylic acids is 1. The van der Waals surface area contributed by atoms with Gasteiger partial charge in [0.1, 0.15) is 5.82 Å². The van der Waals surface area contributed by atoms with Gasteiger partial charge in [-0.25, -0.2) is 4.98 Å². The number of hydrogen-bond donors (Lipinski definition) is 0. The van der Waals surface area contributed by atoms with Crippen molar-refractivity contribution in [3.05, 3.63) is 54.1 Å². The first-order valence-corrected chi connectivity index (χ1v) is 10.3. The summed E-state index contributed by atoms with van der Waals surface area (Å²) < 4.78 is 2.29. The smallest absolute Gasteiger partial charge is 0.223 e. The summed E-state index contributed by atoms with van der Waals surface area (Å²) in [6, 6.07) is 10.6. The van der Waals surface area contributed by atoms with Gasteiger partial charge in [-0.3, -0.25) is 4.79 Å². The lowest BCUT2D eigenvalue weighted by Gasteiger charge is -2.32. The van der Waals surface area contributed by atoms with E-state index in [-0.39, 0.29) is 0 Å². The van der Waals surface area contributed by atoms with Gasteiger partial charge in [-0.1, -0.05) is 30.3 Å². The van der Waals surface area contributed by atoms with E-state index in [1.54, 1.807) is 0 Å². The summed E-state index contributed by atoms with van der Waals surface area (Å²) in [6.07, 6.45) is 9.38. The lowest BCUT2D eigenvalue weighted by molar-refractivity contribution is -0.130. The highest BCUT2D eigenvalue weighted by Crippen LogP contribution is 2.26. The molecular formula is C22H30N4O. The zero-order valence-electron chi connectivity index (χ0n) is 16.1. The summed E-state index contributed by atoms with van der Waals surface area (Å²) in [5.74, 6) is 1.98. The monoisotopic (exact) mass is 366 g/mol. The van der Waals surface area contributed by atoms with E-state index in [1.165, 1.54) is 37.1 Å². The number of hydrogen-bond acceptors (Lipinski definition) is 3. The number of imidazole rings is 1. The molecule has 27 heavy (non-hydrogen) atoms. The van der Waals surface area contributed by atoms with Crippen LogP contribution in [-0.2, 0) is 11.3 Å². The quantitative estimate of drug-likeness (QED) is 0.789. The van der Waals surface area contributed by atoms with Gasteiger partial charge in [0, 0.05) is 57.5 Å². The first kappa shape index (κ1) is 18.2. The molecule has 5 nitrogen and oxygen atoms in total. The van der Waals surface area contributed by atoms with Crippen molar-refractivity contribution < 1.29 is 4.79 Å². The molecule has 144 valence electrons. The molecule has 0 bridgehead atoms. The van der Waals surface area contributed by atoms with Gasteiger partial charge in [-0.15, -0.1) is 0 Å². The molecule has 5 heteroatoms. The number of piperidine rings is 1. The van der Waals surface area contributed by atoms with Gasteiger partial charge in [0.15, 0.2) is 0 Å². The van der Waals surface area contributed by atoms with E-state index in [4.69, 9.17) is 0 Å². The van der Waals surface area contributed by atoms with Crippen LogP contribution in [0.25, 0.3) is 0 Å². The second-order valence-electron chi connectivity index (χ2n) is 7.88. The van der Waals surface area contributed by atoms with Crippen LogP contribution in [0.4, 0.5) is 0 Å². The van der Waals surface area contributed by atoms with E-state index in [9.17, 15) is 4.79 Å². The summed E-state index contributed by atoms with van der Waals surface area (Å²) in [7, 11) is 0. The SMILES string of the molecule is O=C(CCN1CCC[C@@H](c2nccn2Cc2ccccc2)C1)N1CCCC1. The van der Waals surface area contributed by atoms with E-state index in [2.05, 4.69) is 51.0 Å². The first-order chi connectivity index (χ1) is 13.3. The van der Waals surface area contributed by atoms with Crippen LogP contribution < -0.4 is 0 Å². The molecule has 1 atom stereocenters.